The second-order valence-corrected chi connectivity index (χ2v) is 6.12. The van der Waals surface area contributed by atoms with E-state index in [4.69, 9.17) is 5.73 Å². The molecule has 3 N–H and O–H groups in total. The summed E-state index contributed by atoms with van der Waals surface area (Å²) in [6.07, 6.45) is 11.7. The highest BCUT2D eigenvalue weighted by Gasteiger charge is 2.08. The molecular weight excluding hydrogens is 330 g/mol. The van der Waals surface area contributed by atoms with Crippen LogP contribution in [0.1, 0.15) is 35.2 Å². The Morgan fingerprint density at radius 1 is 1.19 bits per heavy atom. The van der Waals surface area contributed by atoms with Gasteiger partial charge in [-0.05, 0) is 43.0 Å². The molecule has 134 valence electrons. The minimum Gasteiger partial charge on any atom is -0.366 e. The predicted octanol–water partition coefficient (Wildman–Crippen LogP) is 1.98. The van der Waals surface area contributed by atoms with Crippen LogP contribution in [0.25, 0.3) is 16.7 Å². The quantitative estimate of drug-likeness (QED) is 0.454. The van der Waals surface area contributed by atoms with Crippen molar-refractivity contribution in [1.29, 1.82) is 0 Å². The standard InChI is InChI=1S/C19H21N5O2/c20-18(26)16-9-17(12-22-11-16)24-7-5-15-8-14(10-23-19(15)24)4-2-1-3-6-21-13-25/h5,7-13H,1-4,6H2,(H2,20,26)(H,21,25). The van der Waals surface area contributed by atoms with E-state index in [9.17, 15) is 9.59 Å². The Bertz CT molecular complexity index is 919. The van der Waals surface area contributed by atoms with Crippen LogP contribution in [-0.2, 0) is 11.2 Å². The maximum Gasteiger partial charge on any atom is 0.250 e. The third kappa shape index (κ3) is 4.05. The highest BCUT2D eigenvalue weighted by atomic mass is 16.1. The average Bonchev–Trinajstić information content (AvgIpc) is 3.08. The molecule has 0 atom stereocenters. The van der Waals surface area contributed by atoms with Crippen LogP contribution in [-0.4, -0.2) is 33.4 Å². The van der Waals surface area contributed by atoms with Crippen LogP contribution < -0.4 is 11.1 Å². The number of nitrogens with two attached hydrogens (primary N) is 1. The lowest BCUT2D eigenvalue weighted by atomic mass is 10.1. The topological polar surface area (TPSA) is 103 Å². The third-order valence-corrected chi connectivity index (χ3v) is 4.24. The number of pyridine rings is 2. The summed E-state index contributed by atoms with van der Waals surface area (Å²) in [4.78, 5) is 30.2. The fourth-order valence-electron chi connectivity index (χ4n) is 2.90. The van der Waals surface area contributed by atoms with E-state index >= 15 is 0 Å². The van der Waals surface area contributed by atoms with Gasteiger partial charge in [-0.15, -0.1) is 0 Å². The lowest BCUT2D eigenvalue weighted by molar-refractivity contribution is -0.109. The Morgan fingerprint density at radius 3 is 2.88 bits per heavy atom. The molecule has 0 aliphatic heterocycles. The summed E-state index contributed by atoms with van der Waals surface area (Å²) < 4.78 is 1.89. The number of carbonyl (C=O) groups is 2. The molecule has 3 aromatic rings. The number of hydrogen-bond acceptors (Lipinski definition) is 4. The number of aryl methyl sites for hydroxylation is 1. The molecule has 0 bridgehead atoms. The van der Waals surface area contributed by atoms with E-state index in [0.717, 1.165) is 55.4 Å². The number of nitrogens with zero attached hydrogens (tertiary/aromatic N) is 3. The number of amides is 2. The molecule has 0 saturated heterocycles. The van der Waals surface area contributed by atoms with E-state index in [1.807, 2.05) is 23.0 Å². The van der Waals surface area contributed by atoms with E-state index in [-0.39, 0.29) is 0 Å². The molecular formula is C19H21N5O2. The summed E-state index contributed by atoms with van der Waals surface area (Å²) in [7, 11) is 0. The minimum atomic E-state index is -0.505. The van der Waals surface area contributed by atoms with Gasteiger partial charge in [0.05, 0.1) is 17.4 Å². The van der Waals surface area contributed by atoms with Crippen molar-refractivity contribution in [3.63, 3.8) is 0 Å². The van der Waals surface area contributed by atoms with Crippen molar-refractivity contribution < 1.29 is 9.59 Å². The van der Waals surface area contributed by atoms with Crippen LogP contribution in [0.2, 0.25) is 0 Å². The van der Waals surface area contributed by atoms with Gasteiger partial charge in [0.2, 0.25) is 12.3 Å². The number of hydrogen-bond donors (Lipinski definition) is 2. The molecule has 7 nitrogen and oxygen atoms in total. The van der Waals surface area contributed by atoms with Crippen molar-refractivity contribution in [2.24, 2.45) is 5.73 Å². The molecule has 0 aliphatic rings. The number of nitrogens with one attached hydrogen (secondary N) is 1. The fourth-order valence-corrected chi connectivity index (χ4v) is 2.90. The van der Waals surface area contributed by atoms with Gasteiger partial charge >= 0.3 is 0 Å². The van der Waals surface area contributed by atoms with E-state index in [1.54, 1.807) is 12.3 Å². The number of unbranched alkanes of at least 4 members (excludes halogenated alkanes) is 2. The first-order valence-electron chi connectivity index (χ1n) is 8.57. The molecule has 0 aliphatic carbocycles. The first-order chi connectivity index (χ1) is 12.7. The highest BCUT2D eigenvalue weighted by molar-refractivity contribution is 5.93. The average molecular weight is 351 g/mol. The Morgan fingerprint density at radius 2 is 2.08 bits per heavy atom. The van der Waals surface area contributed by atoms with Crippen LogP contribution in [0, 0.1) is 0 Å². The Hall–Kier alpha value is -3.22. The lowest BCUT2D eigenvalue weighted by Gasteiger charge is -2.06. The van der Waals surface area contributed by atoms with Gasteiger partial charge in [-0.25, -0.2) is 4.98 Å². The van der Waals surface area contributed by atoms with E-state index in [1.165, 1.54) is 11.8 Å². The van der Waals surface area contributed by atoms with Gasteiger partial charge in [0.1, 0.15) is 5.65 Å². The Balaban J connectivity index is 1.72. The van der Waals surface area contributed by atoms with Gasteiger partial charge in [-0.1, -0.05) is 6.42 Å². The van der Waals surface area contributed by atoms with Crippen LogP contribution in [0.4, 0.5) is 0 Å². The van der Waals surface area contributed by atoms with Crippen molar-refractivity contribution in [3.05, 3.63) is 54.1 Å². The van der Waals surface area contributed by atoms with Gasteiger partial charge < -0.3 is 11.1 Å². The smallest absolute Gasteiger partial charge is 0.250 e. The van der Waals surface area contributed by atoms with Crippen molar-refractivity contribution >= 4 is 23.4 Å². The van der Waals surface area contributed by atoms with Gasteiger partial charge in [-0.2, -0.15) is 0 Å². The molecule has 0 fully saturated rings. The van der Waals surface area contributed by atoms with Crippen molar-refractivity contribution in [3.8, 4) is 5.69 Å². The molecule has 2 amide bonds. The SMILES string of the molecule is NC(=O)c1cncc(-n2ccc3cc(CCCCCNC=O)cnc32)c1. The lowest BCUT2D eigenvalue weighted by Crippen LogP contribution is -2.12. The molecule has 3 heterocycles. The number of fused-ring (bicyclic) bond motifs is 1. The Labute approximate surface area is 151 Å². The maximum absolute atomic E-state index is 11.4. The fraction of sp³-hybridized carbons (Fsp3) is 0.263. The van der Waals surface area contributed by atoms with Gasteiger partial charge in [0.25, 0.3) is 0 Å². The first-order valence-corrected chi connectivity index (χ1v) is 8.57. The summed E-state index contributed by atoms with van der Waals surface area (Å²) in [6.45, 7) is 0.724. The van der Waals surface area contributed by atoms with E-state index in [0.29, 0.717) is 5.56 Å². The molecule has 3 aromatic heterocycles. The molecule has 0 saturated carbocycles. The molecule has 0 spiro atoms. The Kier molecular flexibility index (Phi) is 5.58. The molecule has 3 rings (SSSR count). The molecule has 26 heavy (non-hydrogen) atoms. The third-order valence-electron chi connectivity index (χ3n) is 4.24. The first kappa shape index (κ1) is 17.6. The van der Waals surface area contributed by atoms with Crippen LogP contribution in [0.5, 0.6) is 0 Å². The van der Waals surface area contributed by atoms with Crippen LogP contribution >= 0.6 is 0 Å². The summed E-state index contributed by atoms with van der Waals surface area (Å²) in [5, 5.41) is 3.71. The largest absolute Gasteiger partial charge is 0.366 e. The summed E-state index contributed by atoms with van der Waals surface area (Å²) >= 11 is 0. The van der Waals surface area contributed by atoms with Crippen molar-refractivity contribution in [2.75, 3.05) is 6.54 Å². The normalized spacial score (nSPS) is 10.8. The molecule has 7 heteroatoms. The predicted molar refractivity (Wildman–Crippen MR) is 99.0 cm³/mol. The van der Waals surface area contributed by atoms with Crippen molar-refractivity contribution in [2.45, 2.75) is 25.7 Å². The van der Waals surface area contributed by atoms with E-state index in [2.05, 4.69) is 21.4 Å². The number of carbonyl (C=O) groups excluding carboxylic acids is 2. The van der Waals surface area contributed by atoms with E-state index < -0.39 is 5.91 Å². The zero-order valence-electron chi connectivity index (χ0n) is 14.4. The number of primary amides is 1. The zero-order chi connectivity index (χ0) is 18.4. The molecule has 0 unspecified atom stereocenters. The number of rotatable bonds is 9. The zero-order valence-corrected chi connectivity index (χ0v) is 14.4. The maximum atomic E-state index is 11.4. The van der Waals surface area contributed by atoms with Crippen LogP contribution in [0.15, 0.2) is 43.0 Å². The second-order valence-electron chi connectivity index (χ2n) is 6.12. The van der Waals surface area contributed by atoms with Gasteiger partial charge in [-0.3, -0.25) is 19.1 Å². The number of aromatic nitrogens is 3. The molecule has 0 radical (unpaired) electrons. The summed E-state index contributed by atoms with van der Waals surface area (Å²) in [6, 6.07) is 5.84. The monoisotopic (exact) mass is 351 g/mol. The van der Waals surface area contributed by atoms with Crippen molar-refractivity contribution in [1.82, 2.24) is 19.9 Å². The van der Waals surface area contributed by atoms with Gasteiger partial charge in [0, 0.05) is 30.5 Å². The second kappa shape index (κ2) is 8.24. The summed E-state index contributed by atoms with van der Waals surface area (Å²) in [5.74, 6) is -0.505. The molecule has 0 aromatic carbocycles. The minimum absolute atomic E-state index is 0.366. The van der Waals surface area contributed by atoms with Crippen LogP contribution in [0.3, 0.4) is 0 Å². The summed E-state index contributed by atoms with van der Waals surface area (Å²) in [5.41, 5.74) is 8.44. The van der Waals surface area contributed by atoms with Gasteiger partial charge in [0.15, 0.2) is 0 Å². The highest BCUT2D eigenvalue weighted by Crippen LogP contribution is 2.20.